The molecule has 0 saturated heterocycles. The zero-order valence-corrected chi connectivity index (χ0v) is 13.0. The van der Waals surface area contributed by atoms with E-state index in [1.807, 2.05) is 0 Å². The number of hydrogen-bond donors (Lipinski definition) is 2. The Morgan fingerprint density at radius 1 is 1.38 bits per heavy atom. The number of fused-ring (bicyclic) bond motifs is 1. The van der Waals surface area contributed by atoms with E-state index >= 15 is 0 Å². The number of hydrogen-bond acceptors (Lipinski definition) is 6. The molecule has 21 heavy (non-hydrogen) atoms. The molecule has 0 spiro atoms. The highest BCUT2D eigenvalue weighted by molar-refractivity contribution is 7.17. The monoisotopic (exact) mass is 312 g/mol. The standard InChI is InChI=1S/C14H20N2O4S/c1-19-7-6-9(15)12(17)16-13-11(14(18)20-2)8-4-3-5-10(8)21-13/h9H,3-7,15H2,1-2H3,(H,16,17). The van der Waals surface area contributed by atoms with Gasteiger partial charge in [0.05, 0.1) is 18.7 Å². The summed E-state index contributed by atoms with van der Waals surface area (Å²) in [6.07, 6.45) is 3.26. The quantitative estimate of drug-likeness (QED) is 0.773. The lowest BCUT2D eigenvalue weighted by Gasteiger charge is -2.12. The summed E-state index contributed by atoms with van der Waals surface area (Å²) in [7, 11) is 2.90. The number of nitrogens with two attached hydrogens (primary N) is 1. The molecule has 1 aliphatic carbocycles. The molecule has 6 nitrogen and oxygen atoms in total. The topological polar surface area (TPSA) is 90.6 Å². The molecule has 2 rings (SSSR count). The summed E-state index contributed by atoms with van der Waals surface area (Å²) in [6.45, 7) is 0.416. The van der Waals surface area contributed by atoms with E-state index < -0.39 is 12.0 Å². The first-order valence-electron chi connectivity index (χ1n) is 6.86. The van der Waals surface area contributed by atoms with E-state index in [-0.39, 0.29) is 5.91 Å². The summed E-state index contributed by atoms with van der Waals surface area (Å²) < 4.78 is 9.74. The Morgan fingerprint density at radius 3 is 2.81 bits per heavy atom. The summed E-state index contributed by atoms with van der Waals surface area (Å²) in [5.41, 5.74) is 7.29. The molecule has 1 aromatic heterocycles. The second-order valence-electron chi connectivity index (χ2n) is 4.93. The predicted molar refractivity (Wildman–Crippen MR) is 80.8 cm³/mol. The maximum Gasteiger partial charge on any atom is 0.341 e. The maximum atomic E-state index is 12.1. The van der Waals surface area contributed by atoms with Crippen LogP contribution in [0.3, 0.4) is 0 Å². The van der Waals surface area contributed by atoms with Crippen LogP contribution in [0, 0.1) is 0 Å². The average molecular weight is 312 g/mol. The predicted octanol–water partition coefficient (Wildman–Crippen LogP) is 1.33. The number of thiophene rings is 1. The number of carbonyl (C=O) groups excluding carboxylic acids is 2. The molecular formula is C14H20N2O4S. The third kappa shape index (κ3) is 3.42. The van der Waals surface area contributed by atoms with Gasteiger partial charge in [-0.1, -0.05) is 0 Å². The van der Waals surface area contributed by atoms with Crippen LogP contribution in [0.5, 0.6) is 0 Å². The average Bonchev–Trinajstić information content (AvgIpc) is 3.04. The number of amides is 1. The molecule has 0 aliphatic heterocycles. The molecule has 0 bridgehead atoms. The summed E-state index contributed by atoms with van der Waals surface area (Å²) in [5.74, 6) is -0.715. The van der Waals surface area contributed by atoms with Gasteiger partial charge < -0.3 is 20.5 Å². The molecule has 1 amide bonds. The molecule has 0 radical (unpaired) electrons. The van der Waals surface area contributed by atoms with E-state index in [4.69, 9.17) is 15.2 Å². The molecule has 1 unspecified atom stereocenters. The fraction of sp³-hybridized carbons (Fsp3) is 0.571. The lowest BCUT2D eigenvalue weighted by molar-refractivity contribution is -0.117. The normalized spacial score (nSPS) is 14.6. The van der Waals surface area contributed by atoms with E-state index in [1.54, 1.807) is 7.11 Å². The Morgan fingerprint density at radius 2 is 2.14 bits per heavy atom. The van der Waals surface area contributed by atoms with Crippen LogP contribution in [0.4, 0.5) is 5.00 Å². The summed E-state index contributed by atoms with van der Waals surface area (Å²) in [6, 6.07) is -0.660. The largest absolute Gasteiger partial charge is 0.465 e. The molecule has 1 aliphatic rings. The van der Waals surface area contributed by atoms with Gasteiger partial charge in [-0.2, -0.15) is 0 Å². The molecule has 116 valence electrons. The Kier molecular flexibility index (Phi) is 5.33. The Hall–Kier alpha value is -1.44. The third-order valence-corrected chi connectivity index (χ3v) is 4.72. The van der Waals surface area contributed by atoms with Gasteiger partial charge in [-0.3, -0.25) is 4.79 Å². The Labute approximate surface area is 127 Å². The minimum absolute atomic E-state index is 0.308. The van der Waals surface area contributed by atoms with Crippen LogP contribution in [0.15, 0.2) is 0 Å². The molecule has 1 aromatic rings. The van der Waals surface area contributed by atoms with Gasteiger partial charge >= 0.3 is 5.97 Å². The van der Waals surface area contributed by atoms with Gasteiger partial charge in [0.25, 0.3) is 0 Å². The summed E-state index contributed by atoms with van der Waals surface area (Å²) in [5, 5.41) is 3.31. The van der Waals surface area contributed by atoms with Crippen LogP contribution >= 0.6 is 11.3 Å². The SMILES string of the molecule is COCCC(N)C(=O)Nc1sc2c(c1C(=O)OC)CCC2. The number of methoxy groups -OCH3 is 2. The first-order valence-corrected chi connectivity index (χ1v) is 7.68. The van der Waals surface area contributed by atoms with Gasteiger partial charge in [0.2, 0.25) is 5.91 Å². The zero-order valence-electron chi connectivity index (χ0n) is 12.2. The second kappa shape index (κ2) is 7.02. The van der Waals surface area contributed by atoms with Crippen molar-refractivity contribution in [3.05, 3.63) is 16.0 Å². The van der Waals surface area contributed by atoms with E-state index in [1.165, 1.54) is 18.4 Å². The molecule has 1 atom stereocenters. The van der Waals surface area contributed by atoms with Crippen molar-refractivity contribution in [1.82, 2.24) is 0 Å². The van der Waals surface area contributed by atoms with E-state index in [2.05, 4.69) is 5.32 Å². The van der Waals surface area contributed by atoms with Crippen molar-refractivity contribution in [2.75, 3.05) is 26.1 Å². The lowest BCUT2D eigenvalue weighted by atomic mass is 10.1. The molecule has 0 fully saturated rings. The highest BCUT2D eigenvalue weighted by atomic mass is 32.1. The van der Waals surface area contributed by atoms with Crippen molar-refractivity contribution in [3.63, 3.8) is 0 Å². The van der Waals surface area contributed by atoms with E-state index in [0.717, 1.165) is 29.7 Å². The smallest absolute Gasteiger partial charge is 0.341 e. The maximum absolute atomic E-state index is 12.1. The van der Waals surface area contributed by atoms with E-state index in [0.29, 0.717) is 23.6 Å². The molecule has 3 N–H and O–H groups in total. The van der Waals surface area contributed by atoms with E-state index in [9.17, 15) is 9.59 Å². The van der Waals surface area contributed by atoms with Gasteiger partial charge in [-0.05, 0) is 31.2 Å². The van der Waals surface area contributed by atoms with Crippen LogP contribution in [-0.2, 0) is 27.1 Å². The number of carbonyl (C=O) groups is 2. The van der Waals surface area contributed by atoms with Gasteiger partial charge in [-0.25, -0.2) is 4.79 Å². The van der Waals surface area contributed by atoms with Gasteiger partial charge in [0, 0.05) is 18.6 Å². The number of rotatable bonds is 6. The number of anilines is 1. The lowest BCUT2D eigenvalue weighted by Crippen LogP contribution is -2.36. The van der Waals surface area contributed by atoms with Crippen molar-refractivity contribution in [2.45, 2.75) is 31.7 Å². The Bertz CT molecular complexity index is 541. The highest BCUT2D eigenvalue weighted by Gasteiger charge is 2.28. The van der Waals surface area contributed by atoms with Crippen molar-refractivity contribution < 1.29 is 19.1 Å². The molecule has 1 heterocycles. The second-order valence-corrected chi connectivity index (χ2v) is 6.04. The number of ether oxygens (including phenoxy) is 2. The van der Waals surface area contributed by atoms with Crippen LogP contribution in [0.2, 0.25) is 0 Å². The van der Waals surface area contributed by atoms with Crippen LogP contribution in [-0.4, -0.2) is 38.7 Å². The van der Waals surface area contributed by atoms with Gasteiger partial charge in [-0.15, -0.1) is 11.3 Å². The molecular weight excluding hydrogens is 292 g/mol. The minimum Gasteiger partial charge on any atom is -0.465 e. The molecule has 0 saturated carbocycles. The van der Waals surface area contributed by atoms with Crippen LogP contribution < -0.4 is 11.1 Å². The minimum atomic E-state index is -0.660. The zero-order chi connectivity index (χ0) is 15.4. The fourth-order valence-corrected chi connectivity index (χ4v) is 3.67. The molecule has 0 aromatic carbocycles. The van der Waals surface area contributed by atoms with Crippen molar-refractivity contribution in [3.8, 4) is 0 Å². The van der Waals surface area contributed by atoms with Crippen LogP contribution in [0.25, 0.3) is 0 Å². The number of nitrogens with one attached hydrogen (secondary N) is 1. The summed E-state index contributed by atoms with van der Waals surface area (Å²) >= 11 is 1.44. The molecule has 7 heteroatoms. The van der Waals surface area contributed by atoms with Crippen LogP contribution in [0.1, 0.15) is 33.6 Å². The highest BCUT2D eigenvalue weighted by Crippen LogP contribution is 2.39. The number of aryl methyl sites for hydroxylation is 1. The fourth-order valence-electron chi connectivity index (χ4n) is 2.39. The van der Waals surface area contributed by atoms with Gasteiger partial charge in [0.1, 0.15) is 5.00 Å². The third-order valence-electron chi connectivity index (χ3n) is 3.52. The first-order chi connectivity index (χ1) is 10.1. The summed E-state index contributed by atoms with van der Waals surface area (Å²) in [4.78, 5) is 25.2. The number of esters is 1. The first kappa shape index (κ1) is 15.9. The van der Waals surface area contributed by atoms with Crippen molar-refractivity contribution in [1.29, 1.82) is 0 Å². The Balaban J connectivity index is 2.16. The van der Waals surface area contributed by atoms with Gasteiger partial charge in [0.15, 0.2) is 0 Å². The van der Waals surface area contributed by atoms with Crippen molar-refractivity contribution >= 4 is 28.2 Å². The van der Waals surface area contributed by atoms with Crippen molar-refractivity contribution in [2.24, 2.45) is 5.73 Å².